The topological polar surface area (TPSA) is 82.7 Å². The van der Waals surface area contributed by atoms with E-state index in [0.717, 1.165) is 5.52 Å². The SMILES string of the molecule is Cn1nnc(Cn2cc(S(=O)(=O)Cl)c3ccccc32)n1. The van der Waals surface area contributed by atoms with Gasteiger partial charge in [-0.25, -0.2) is 8.42 Å². The molecule has 104 valence electrons. The Morgan fingerprint density at radius 2 is 2.05 bits per heavy atom. The predicted octanol–water partition coefficient (Wildman–Crippen LogP) is 1.14. The zero-order valence-corrected chi connectivity index (χ0v) is 12.0. The van der Waals surface area contributed by atoms with E-state index in [-0.39, 0.29) is 4.90 Å². The number of fused-ring (bicyclic) bond motifs is 1. The van der Waals surface area contributed by atoms with Crippen LogP contribution in [-0.2, 0) is 22.6 Å². The van der Waals surface area contributed by atoms with Crippen molar-refractivity contribution >= 4 is 30.6 Å². The molecule has 2 aromatic heterocycles. The summed E-state index contributed by atoms with van der Waals surface area (Å²) in [6.45, 7) is 0.320. The van der Waals surface area contributed by atoms with Gasteiger partial charge in [0, 0.05) is 27.8 Å². The Balaban J connectivity index is 2.16. The largest absolute Gasteiger partial charge is 0.338 e. The van der Waals surface area contributed by atoms with E-state index in [2.05, 4.69) is 15.4 Å². The molecule has 3 rings (SSSR count). The number of benzene rings is 1. The zero-order valence-electron chi connectivity index (χ0n) is 10.4. The number of nitrogens with zero attached hydrogens (tertiary/aromatic N) is 5. The van der Waals surface area contributed by atoms with E-state index in [1.54, 1.807) is 23.7 Å². The number of halogens is 1. The second-order valence-corrected chi connectivity index (χ2v) is 6.81. The average molecular weight is 312 g/mol. The molecule has 0 spiro atoms. The van der Waals surface area contributed by atoms with Crippen LogP contribution in [0, 0.1) is 0 Å². The maximum absolute atomic E-state index is 11.6. The van der Waals surface area contributed by atoms with E-state index in [4.69, 9.17) is 10.7 Å². The third-order valence-electron chi connectivity index (χ3n) is 2.88. The summed E-state index contributed by atoms with van der Waals surface area (Å²) in [5.41, 5.74) is 0.749. The molecule has 0 atom stereocenters. The maximum Gasteiger partial charge on any atom is 0.263 e. The maximum atomic E-state index is 11.6. The monoisotopic (exact) mass is 311 g/mol. The highest BCUT2D eigenvalue weighted by Crippen LogP contribution is 2.28. The van der Waals surface area contributed by atoms with Gasteiger partial charge in [0.2, 0.25) is 0 Å². The number of para-hydroxylation sites is 1. The van der Waals surface area contributed by atoms with E-state index >= 15 is 0 Å². The Morgan fingerprint density at radius 3 is 2.70 bits per heavy atom. The van der Waals surface area contributed by atoms with Crippen molar-refractivity contribution in [2.75, 3.05) is 0 Å². The first kappa shape index (κ1) is 13.1. The number of rotatable bonds is 3. The Morgan fingerprint density at radius 1 is 1.30 bits per heavy atom. The lowest BCUT2D eigenvalue weighted by Gasteiger charge is -2.00. The van der Waals surface area contributed by atoms with Gasteiger partial charge >= 0.3 is 0 Å². The summed E-state index contributed by atoms with van der Waals surface area (Å²) in [7, 11) is 3.33. The summed E-state index contributed by atoms with van der Waals surface area (Å²) in [4.78, 5) is 1.43. The van der Waals surface area contributed by atoms with Crippen LogP contribution in [0.1, 0.15) is 5.82 Å². The molecule has 0 saturated carbocycles. The lowest BCUT2D eigenvalue weighted by atomic mass is 10.2. The molecule has 2 heterocycles. The molecule has 0 saturated heterocycles. The van der Waals surface area contributed by atoms with E-state index in [1.165, 1.54) is 11.0 Å². The third-order valence-corrected chi connectivity index (χ3v) is 4.23. The summed E-state index contributed by atoms with van der Waals surface area (Å²) in [5, 5.41) is 12.3. The predicted molar refractivity (Wildman–Crippen MR) is 72.9 cm³/mol. The first-order chi connectivity index (χ1) is 9.45. The molecule has 0 N–H and O–H groups in total. The molecular formula is C11H10ClN5O2S. The van der Waals surface area contributed by atoms with Crippen molar-refractivity contribution in [2.24, 2.45) is 7.05 Å². The first-order valence-electron chi connectivity index (χ1n) is 5.70. The van der Waals surface area contributed by atoms with E-state index in [0.29, 0.717) is 17.8 Å². The molecule has 0 radical (unpaired) electrons. The van der Waals surface area contributed by atoms with Crippen LogP contribution in [0.2, 0.25) is 0 Å². The van der Waals surface area contributed by atoms with Crippen molar-refractivity contribution in [2.45, 2.75) is 11.4 Å². The summed E-state index contributed by atoms with van der Waals surface area (Å²) in [6, 6.07) is 7.12. The van der Waals surface area contributed by atoms with Crippen molar-refractivity contribution < 1.29 is 8.42 Å². The number of hydrogen-bond acceptors (Lipinski definition) is 5. The van der Waals surface area contributed by atoms with Crippen LogP contribution in [0.15, 0.2) is 35.4 Å². The van der Waals surface area contributed by atoms with Crippen LogP contribution in [0.3, 0.4) is 0 Å². The summed E-state index contributed by atoms with van der Waals surface area (Å²) in [5.74, 6) is 0.492. The molecule has 20 heavy (non-hydrogen) atoms. The van der Waals surface area contributed by atoms with Crippen LogP contribution < -0.4 is 0 Å². The molecule has 9 heteroatoms. The highest BCUT2D eigenvalue weighted by Gasteiger charge is 2.19. The quantitative estimate of drug-likeness (QED) is 0.677. The summed E-state index contributed by atoms with van der Waals surface area (Å²) in [6.07, 6.45) is 1.49. The fourth-order valence-corrected chi connectivity index (χ4v) is 3.13. The molecule has 3 aromatic rings. The van der Waals surface area contributed by atoms with Gasteiger partial charge < -0.3 is 4.57 Å². The van der Waals surface area contributed by atoms with Crippen molar-refractivity contribution in [3.8, 4) is 0 Å². The van der Waals surface area contributed by atoms with E-state index < -0.39 is 9.05 Å². The van der Waals surface area contributed by atoms with E-state index in [9.17, 15) is 8.42 Å². The highest BCUT2D eigenvalue weighted by atomic mass is 35.7. The molecule has 0 bridgehead atoms. The summed E-state index contributed by atoms with van der Waals surface area (Å²) < 4.78 is 25.0. The molecule has 0 aliphatic rings. The van der Waals surface area contributed by atoms with Gasteiger partial charge in [-0.15, -0.1) is 10.2 Å². The lowest BCUT2D eigenvalue weighted by Crippen LogP contribution is -2.01. The summed E-state index contributed by atoms with van der Waals surface area (Å²) >= 11 is 0. The average Bonchev–Trinajstić information content (AvgIpc) is 2.94. The minimum absolute atomic E-state index is 0.0821. The minimum Gasteiger partial charge on any atom is -0.338 e. The third kappa shape index (κ3) is 2.27. The molecule has 0 unspecified atom stereocenters. The zero-order chi connectivity index (χ0) is 14.3. The number of aryl methyl sites for hydroxylation is 1. The number of aromatic nitrogens is 5. The van der Waals surface area contributed by atoms with Gasteiger partial charge in [0.05, 0.1) is 13.6 Å². The van der Waals surface area contributed by atoms with Crippen LogP contribution in [0.4, 0.5) is 0 Å². The second kappa shape index (κ2) is 4.57. The van der Waals surface area contributed by atoms with Crippen LogP contribution in [0.25, 0.3) is 10.9 Å². The Labute approximate surface area is 119 Å². The van der Waals surface area contributed by atoms with E-state index in [1.807, 2.05) is 12.1 Å². The number of hydrogen-bond donors (Lipinski definition) is 0. The standard InChI is InChI=1S/C11H10ClN5O2S/c1-16-14-11(13-15-16)7-17-6-10(20(12,18)19)8-4-2-3-5-9(8)17/h2-6H,7H2,1H3. The van der Waals surface area contributed by atoms with Crippen molar-refractivity contribution in [1.82, 2.24) is 24.8 Å². The van der Waals surface area contributed by atoms with Gasteiger partial charge in [0.15, 0.2) is 5.82 Å². The van der Waals surface area contributed by atoms with Gasteiger partial charge in [0.25, 0.3) is 9.05 Å². The van der Waals surface area contributed by atoms with Gasteiger partial charge in [-0.2, -0.15) is 4.80 Å². The Hall–Kier alpha value is -1.93. The fourth-order valence-electron chi connectivity index (χ4n) is 2.08. The molecule has 0 aliphatic heterocycles. The normalized spacial score (nSPS) is 12.1. The van der Waals surface area contributed by atoms with Crippen molar-refractivity contribution in [3.63, 3.8) is 0 Å². The number of tetrazole rings is 1. The van der Waals surface area contributed by atoms with Crippen molar-refractivity contribution in [3.05, 3.63) is 36.3 Å². The Bertz CT molecular complexity index is 883. The van der Waals surface area contributed by atoms with Gasteiger partial charge in [-0.3, -0.25) is 0 Å². The van der Waals surface area contributed by atoms with Gasteiger partial charge in [0.1, 0.15) is 4.90 Å². The van der Waals surface area contributed by atoms with Crippen LogP contribution in [-0.4, -0.2) is 33.2 Å². The molecule has 0 amide bonds. The molecule has 7 nitrogen and oxygen atoms in total. The smallest absolute Gasteiger partial charge is 0.263 e. The minimum atomic E-state index is -3.81. The Kier molecular flexibility index (Phi) is 2.98. The van der Waals surface area contributed by atoms with Crippen LogP contribution >= 0.6 is 10.7 Å². The van der Waals surface area contributed by atoms with Crippen LogP contribution in [0.5, 0.6) is 0 Å². The molecular weight excluding hydrogens is 302 g/mol. The van der Waals surface area contributed by atoms with Gasteiger partial charge in [-0.05, 0) is 11.3 Å². The molecule has 0 aliphatic carbocycles. The fraction of sp³-hybridized carbons (Fsp3) is 0.182. The lowest BCUT2D eigenvalue weighted by molar-refractivity contribution is 0.609. The van der Waals surface area contributed by atoms with Gasteiger partial charge in [-0.1, -0.05) is 18.2 Å². The highest BCUT2D eigenvalue weighted by molar-refractivity contribution is 8.14. The molecule has 0 fully saturated rings. The van der Waals surface area contributed by atoms with Crippen molar-refractivity contribution in [1.29, 1.82) is 0 Å². The first-order valence-corrected chi connectivity index (χ1v) is 8.01. The molecule has 1 aromatic carbocycles. The second-order valence-electron chi connectivity index (χ2n) is 4.27.